The molecule has 1 heterocycles. The minimum Gasteiger partial charge on any atom is -0.496 e. The normalized spacial score (nSPS) is 11.8. The van der Waals surface area contributed by atoms with E-state index >= 15 is 0 Å². The molecule has 0 spiro atoms. The number of nitrogens with zero attached hydrogens (tertiary/aromatic N) is 1. The summed E-state index contributed by atoms with van der Waals surface area (Å²) < 4.78 is 10.4. The van der Waals surface area contributed by atoms with Gasteiger partial charge in [-0.2, -0.15) is 0 Å². The number of benzene rings is 3. The number of methoxy groups -OCH3 is 2. The van der Waals surface area contributed by atoms with Crippen LogP contribution >= 0.6 is 0 Å². The number of fused-ring (bicyclic) bond motifs is 2. The van der Waals surface area contributed by atoms with Gasteiger partial charge >= 0.3 is 5.97 Å². The molecule has 1 N–H and O–H groups in total. The maximum atomic E-state index is 13.5. The minimum absolute atomic E-state index is 0.239. The van der Waals surface area contributed by atoms with E-state index in [1.165, 1.54) is 7.11 Å². The largest absolute Gasteiger partial charge is 0.496 e. The van der Waals surface area contributed by atoms with Crippen LogP contribution in [0.25, 0.3) is 21.8 Å². The lowest BCUT2D eigenvalue weighted by Crippen LogP contribution is -2.43. The summed E-state index contributed by atoms with van der Waals surface area (Å²) in [7, 11) is 2.88. The van der Waals surface area contributed by atoms with Gasteiger partial charge < -0.3 is 14.8 Å². The summed E-state index contributed by atoms with van der Waals surface area (Å²) in [6.07, 6.45) is 0.239. The van der Waals surface area contributed by atoms with Gasteiger partial charge in [0.25, 0.3) is 5.91 Å². The van der Waals surface area contributed by atoms with E-state index in [9.17, 15) is 9.59 Å². The standard InChI is InChI=1S/C25H22N2O4/c1-30-22-14-8-3-9-16(22)15-21(25(29)31-2)27-24(28)23-17-10-4-6-12-19(17)26-20-13-7-5-11-18(20)23/h3-14,21H,15H2,1-2H3,(H,27,28)/t21-/m0/s1. The Morgan fingerprint density at radius 3 is 2.06 bits per heavy atom. The van der Waals surface area contributed by atoms with Crippen molar-refractivity contribution >= 4 is 33.7 Å². The third-order valence-corrected chi connectivity index (χ3v) is 5.22. The van der Waals surface area contributed by atoms with Crippen molar-refractivity contribution < 1.29 is 19.1 Å². The van der Waals surface area contributed by atoms with E-state index in [4.69, 9.17) is 9.47 Å². The van der Waals surface area contributed by atoms with Crippen LogP contribution < -0.4 is 10.1 Å². The summed E-state index contributed by atoms with van der Waals surface area (Å²) in [4.78, 5) is 30.6. The first kappa shape index (κ1) is 20.3. The van der Waals surface area contributed by atoms with Gasteiger partial charge in [0, 0.05) is 17.2 Å². The second kappa shape index (κ2) is 8.83. The molecule has 0 aliphatic rings. The topological polar surface area (TPSA) is 77.5 Å². The van der Waals surface area contributed by atoms with Gasteiger partial charge in [0.15, 0.2) is 0 Å². The first-order valence-electron chi connectivity index (χ1n) is 9.90. The average Bonchev–Trinajstić information content (AvgIpc) is 2.81. The Balaban J connectivity index is 1.75. The average molecular weight is 414 g/mol. The van der Waals surface area contributed by atoms with Crippen molar-refractivity contribution in [3.05, 3.63) is 83.9 Å². The summed E-state index contributed by atoms with van der Waals surface area (Å²) in [5, 5.41) is 4.31. The van der Waals surface area contributed by atoms with Gasteiger partial charge in [-0.1, -0.05) is 54.6 Å². The molecule has 4 rings (SSSR count). The lowest BCUT2D eigenvalue weighted by atomic mass is 10.0. The van der Waals surface area contributed by atoms with Crippen molar-refractivity contribution in [2.24, 2.45) is 0 Å². The fraction of sp³-hybridized carbons (Fsp3) is 0.160. The summed E-state index contributed by atoms with van der Waals surface area (Å²) in [6.45, 7) is 0. The molecule has 1 atom stereocenters. The van der Waals surface area contributed by atoms with Crippen LogP contribution in [-0.2, 0) is 16.0 Å². The highest BCUT2D eigenvalue weighted by Crippen LogP contribution is 2.26. The number of hydrogen-bond acceptors (Lipinski definition) is 5. The minimum atomic E-state index is -0.875. The number of para-hydroxylation sites is 3. The maximum absolute atomic E-state index is 13.5. The molecule has 4 aromatic rings. The molecule has 156 valence electrons. The third-order valence-electron chi connectivity index (χ3n) is 5.22. The second-order valence-electron chi connectivity index (χ2n) is 7.09. The Kier molecular flexibility index (Phi) is 5.80. The number of carbonyl (C=O) groups excluding carboxylic acids is 2. The van der Waals surface area contributed by atoms with Gasteiger partial charge in [0.2, 0.25) is 0 Å². The summed E-state index contributed by atoms with van der Waals surface area (Å²) in [6, 6.07) is 21.4. The van der Waals surface area contributed by atoms with E-state index in [1.807, 2.05) is 72.8 Å². The predicted molar refractivity (Wildman–Crippen MR) is 119 cm³/mol. The number of aromatic nitrogens is 1. The zero-order valence-electron chi connectivity index (χ0n) is 17.3. The highest BCUT2D eigenvalue weighted by Gasteiger charge is 2.26. The van der Waals surface area contributed by atoms with E-state index < -0.39 is 12.0 Å². The van der Waals surface area contributed by atoms with Gasteiger partial charge in [-0.15, -0.1) is 0 Å². The van der Waals surface area contributed by atoms with Gasteiger partial charge in [-0.3, -0.25) is 4.79 Å². The molecule has 6 nitrogen and oxygen atoms in total. The van der Waals surface area contributed by atoms with E-state index in [1.54, 1.807) is 7.11 Å². The summed E-state index contributed by atoms with van der Waals surface area (Å²) in [5.41, 5.74) is 2.71. The van der Waals surface area contributed by atoms with Crippen LogP contribution in [0.1, 0.15) is 15.9 Å². The quantitative estimate of drug-likeness (QED) is 0.382. The molecule has 0 saturated carbocycles. The number of nitrogens with one attached hydrogen (secondary N) is 1. The van der Waals surface area contributed by atoms with E-state index in [2.05, 4.69) is 10.3 Å². The number of carbonyl (C=O) groups is 2. The number of hydrogen-bond donors (Lipinski definition) is 1. The first-order valence-corrected chi connectivity index (χ1v) is 9.90. The van der Waals surface area contributed by atoms with Crippen molar-refractivity contribution in [3.63, 3.8) is 0 Å². The molecular formula is C25H22N2O4. The van der Waals surface area contributed by atoms with Crippen LogP contribution in [0.4, 0.5) is 0 Å². The molecule has 0 aliphatic carbocycles. The Morgan fingerprint density at radius 1 is 0.871 bits per heavy atom. The molecule has 3 aromatic carbocycles. The molecule has 0 aliphatic heterocycles. The number of esters is 1. The van der Waals surface area contributed by atoms with E-state index in [0.29, 0.717) is 22.3 Å². The van der Waals surface area contributed by atoms with Gasteiger partial charge in [-0.05, 0) is 23.8 Å². The van der Waals surface area contributed by atoms with Crippen molar-refractivity contribution in [2.75, 3.05) is 14.2 Å². The zero-order valence-corrected chi connectivity index (χ0v) is 17.3. The molecule has 0 radical (unpaired) electrons. The zero-order chi connectivity index (χ0) is 21.8. The molecule has 0 fully saturated rings. The Labute approximate surface area is 179 Å². The Hall–Kier alpha value is -3.93. The fourth-order valence-electron chi connectivity index (χ4n) is 3.74. The van der Waals surface area contributed by atoms with Crippen LogP contribution in [0.15, 0.2) is 72.8 Å². The number of pyridine rings is 1. The molecule has 1 amide bonds. The Bertz CT molecular complexity index is 1210. The lowest BCUT2D eigenvalue weighted by molar-refractivity contribution is -0.142. The van der Waals surface area contributed by atoms with Gasteiger partial charge in [0.1, 0.15) is 11.8 Å². The first-order chi connectivity index (χ1) is 15.1. The van der Waals surface area contributed by atoms with Crippen molar-refractivity contribution in [1.29, 1.82) is 0 Å². The highest BCUT2D eigenvalue weighted by molar-refractivity contribution is 6.16. The predicted octanol–water partition coefficient (Wildman–Crippen LogP) is 3.91. The van der Waals surface area contributed by atoms with Crippen LogP contribution in [0.5, 0.6) is 5.75 Å². The molecule has 0 bridgehead atoms. The van der Waals surface area contributed by atoms with Crippen LogP contribution in [-0.4, -0.2) is 37.1 Å². The fourth-order valence-corrected chi connectivity index (χ4v) is 3.74. The smallest absolute Gasteiger partial charge is 0.328 e. The lowest BCUT2D eigenvalue weighted by Gasteiger charge is -2.19. The second-order valence-corrected chi connectivity index (χ2v) is 7.09. The van der Waals surface area contributed by atoms with E-state index in [-0.39, 0.29) is 12.3 Å². The number of rotatable bonds is 6. The highest BCUT2D eigenvalue weighted by atomic mass is 16.5. The van der Waals surface area contributed by atoms with Crippen molar-refractivity contribution in [3.8, 4) is 5.75 Å². The maximum Gasteiger partial charge on any atom is 0.328 e. The van der Waals surface area contributed by atoms with Crippen LogP contribution in [0.2, 0.25) is 0 Å². The summed E-state index contributed by atoms with van der Waals surface area (Å²) in [5.74, 6) is -0.243. The molecule has 0 unspecified atom stereocenters. The molecule has 1 aromatic heterocycles. The van der Waals surface area contributed by atoms with Gasteiger partial charge in [-0.25, -0.2) is 9.78 Å². The number of ether oxygens (including phenoxy) is 2. The van der Waals surface area contributed by atoms with Crippen LogP contribution in [0, 0.1) is 0 Å². The molecule has 6 heteroatoms. The SMILES string of the molecule is COC(=O)[C@H](Cc1ccccc1OC)NC(=O)c1c2ccccc2nc2ccccc12. The number of amides is 1. The van der Waals surface area contributed by atoms with Crippen molar-refractivity contribution in [2.45, 2.75) is 12.5 Å². The summed E-state index contributed by atoms with van der Waals surface area (Å²) >= 11 is 0. The Morgan fingerprint density at radius 2 is 1.45 bits per heavy atom. The molecule has 31 heavy (non-hydrogen) atoms. The molecule has 0 saturated heterocycles. The van der Waals surface area contributed by atoms with Gasteiger partial charge in [0.05, 0.1) is 30.8 Å². The van der Waals surface area contributed by atoms with Crippen molar-refractivity contribution in [1.82, 2.24) is 10.3 Å². The van der Waals surface area contributed by atoms with Crippen LogP contribution in [0.3, 0.4) is 0 Å². The van der Waals surface area contributed by atoms with E-state index in [0.717, 1.165) is 16.3 Å². The third kappa shape index (κ3) is 4.05. The monoisotopic (exact) mass is 414 g/mol. The molecular weight excluding hydrogens is 392 g/mol.